The Morgan fingerprint density at radius 2 is 2.31 bits per heavy atom. The highest BCUT2D eigenvalue weighted by Gasteiger charge is 2.17. The van der Waals surface area contributed by atoms with Gasteiger partial charge < -0.3 is 0 Å². The van der Waals surface area contributed by atoms with Crippen molar-refractivity contribution in [3.63, 3.8) is 0 Å². The van der Waals surface area contributed by atoms with Crippen LogP contribution in [-0.4, -0.2) is 5.78 Å². The SMILES string of the molecule is CC(=O)/C=C/[C@@H]1CC=C(C)C[C@@H]1C. The zero-order valence-electron chi connectivity index (χ0n) is 8.71. The highest BCUT2D eigenvalue weighted by Crippen LogP contribution is 2.29. The van der Waals surface area contributed by atoms with Crippen LogP contribution in [0.25, 0.3) is 0 Å². The molecule has 1 heteroatoms. The van der Waals surface area contributed by atoms with E-state index in [0.717, 1.165) is 6.42 Å². The van der Waals surface area contributed by atoms with E-state index in [4.69, 9.17) is 0 Å². The molecule has 0 bridgehead atoms. The maximum absolute atomic E-state index is 10.8. The summed E-state index contributed by atoms with van der Waals surface area (Å²) >= 11 is 0. The summed E-state index contributed by atoms with van der Waals surface area (Å²) in [7, 11) is 0. The fourth-order valence-corrected chi connectivity index (χ4v) is 1.84. The number of rotatable bonds is 2. The van der Waals surface area contributed by atoms with Gasteiger partial charge in [0.25, 0.3) is 0 Å². The monoisotopic (exact) mass is 178 g/mol. The number of hydrogen-bond donors (Lipinski definition) is 0. The van der Waals surface area contributed by atoms with Gasteiger partial charge >= 0.3 is 0 Å². The topological polar surface area (TPSA) is 17.1 Å². The van der Waals surface area contributed by atoms with E-state index < -0.39 is 0 Å². The van der Waals surface area contributed by atoms with Crippen molar-refractivity contribution in [3.05, 3.63) is 23.8 Å². The summed E-state index contributed by atoms with van der Waals surface area (Å²) in [6.45, 7) is 6.04. The Labute approximate surface area is 80.5 Å². The molecular weight excluding hydrogens is 160 g/mol. The average molecular weight is 178 g/mol. The number of hydrogen-bond acceptors (Lipinski definition) is 1. The molecule has 0 radical (unpaired) electrons. The van der Waals surface area contributed by atoms with Crippen molar-refractivity contribution in [3.8, 4) is 0 Å². The highest BCUT2D eigenvalue weighted by atomic mass is 16.1. The summed E-state index contributed by atoms with van der Waals surface area (Å²) in [5.41, 5.74) is 1.49. The molecule has 2 atom stereocenters. The molecule has 0 N–H and O–H groups in total. The van der Waals surface area contributed by atoms with E-state index >= 15 is 0 Å². The molecule has 1 nitrogen and oxygen atoms in total. The number of carbonyl (C=O) groups excluding carboxylic acids is 1. The molecule has 72 valence electrons. The van der Waals surface area contributed by atoms with E-state index in [0.29, 0.717) is 11.8 Å². The molecule has 0 aliphatic heterocycles. The first-order valence-corrected chi connectivity index (χ1v) is 4.94. The van der Waals surface area contributed by atoms with Crippen molar-refractivity contribution in [1.29, 1.82) is 0 Å². The van der Waals surface area contributed by atoms with Gasteiger partial charge in [-0.25, -0.2) is 0 Å². The minimum absolute atomic E-state index is 0.151. The Morgan fingerprint density at radius 1 is 1.62 bits per heavy atom. The van der Waals surface area contributed by atoms with E-state index in [1.54, 1.807) is 13.0 Å². The molecule has 0 spiro atoms. The van der Waals surface area contributed by atoms with Crippen LogP contribution in [0, 0.1) is 11.8 Å². The summed E-state index contributed by atoms with van der Waals surface area (Å²) < 4.78 is 0. The molecule has 0 unspecified atom stereocenters. The van der Waals surface area contributed by atoms with Gasteiger partial charge in [-0.2, -0.15) is 0 Å². The van der Waals surface area contributed by atoms with Gasteiger partial charge in [0.05, 0.1) is 0 Å². The average Bonchev–Trinajstić information content (AvgIpc) is 2.02. The summed E-state index contributed by atoms with van der Waals surface area (Å²) in [6.07, 6.45) is 8.32. The molecule has 0 aromatic rings. The first-order valence-electron chi connectivity index (χ1n) is 4.94. The van der Waals surface area contributed by atoms with E-state index in [1.165, 1.54) is 12.0 Å². The first kappa shape index (κ1) is 10.2. The number of ketones is 1. The van der Waals surface area contributed by atoms with Crippen molar-refractivity contribution < 1.29 is 4.79 Å². The largest absolute Gasteiger partial charge is 0.295 e. The van der Waals surface area contributed by atoms with E-state index in [-0.39, 0.29) is 5.78 Å². The Morgan fingerprint density at radius 3 is 2.85 bits per heavy atom. The Kier molecular flexibility index (Phi) is 3.47. The van der Waals surface area contributed by atoms with Gasteiger partial charge in [0.2, 0.25) is 0 Å². The van der Waals surface area contributed by atoms with Crippen LogP contribution in [0.4, 0.5) is 0 Å². The zero-order valence-corrected chi connectivity index (χ0v) is 8.71. The van der Waals surface area contributed by atoms with E-state index in [9.17, 15) is 4.79 Å². The molecule has 0 fully saturated rings. The maximum atomic E-state index is 10.8. The van der Waals surface area contributed by atoms with Crippen LogP contribution in [0.5, 0.6) is 0 Å². The fourth-order valence-electron chi connectivity index (χ4n) is 1.84. The van der Waals surface area contributed by atoms with Crippen molar-refractivity contribution >= 4 is 5.78 Å². The molecule has 0 heterocycles. The second kappa shape index (κ2) is 4.40. The minimum Gasteiger partial charge on any atom is -0.295 e. The maximum Gasteiger partial charge on any atom is 0.152 e. The standard InChI is InChI=1S/C12H18O/c1-9-4-6-12(10(2)8-9)7-5-11(3)13/h4-5,7,10,12H,6,8H2,1-3H3/b7-5+/t10-,12-/m0/s1. The summed E-state index contributed by atoms with van der Waals surface area (Å²) in [6, 6.07) is 0. The Hall–Kier alpha value is -0.850. The second-order valence-electron chi connectivity index (χ2n) is 4.10. The molecule has 1 rings (SSSR count). The van der Waals surface area contributed by atoms with Gasteiger partial charge in [0.15, 0.2) is 5.78 Å². The van der Waals surface area contributed by atoms with Gasteiger partial charge in [0, 0.05) is 0 Å². The Bertz CT molecular complexity index is 248. The zero-order chi connectivity index (χ0) is 9.84. The molecule has 0 saturated carbocycles. The third kappa shape index (κ3) is 3.17. The lowest BCUT2D eigenvalue weighted by atomic mass is 9.81. The lowest BCUT2D eigenvalue weighted by Gasteiger charge is -2.24. The van der Waals surface area contributed by atoms with Crippen LogP contribution in [0.3, 0.4) is 0 Å². The van der Waals surface area contributed by atoms with Gasteiger partial charge in [-0.1, -0.05) is 24.6 Å². The predicted molar refractivity (Wildman–Crippen MR) is 55.5 cm³/mol. The lowest BCUT2D eigenvalue weighted by Crippen LogP contribution is -2.13. The van der Waals surface area contributed by atoms with Crippen molar-refractivity contribution in [2.24, 2.45) is 11.8 Å². The normalized spacial score (nSPS) is 29.0. The molecule has 1 aliphatic carbocycles. The first-order chi connectivity index (χ1) is 6.09. The van der Waals surface area contributed by atoms with Gasteiger partial charge in [-0.3, -0.25) is 4.79 Å². The quantitative estimate of drug-likeness (QED) is 0.469. The summed E-state index contributed by atoms with van der Waals surface area (Å²) in [5.74, 6) is 1.40. The van der Waals surface area contributed by atoms with Crippen molar-refractivity contribution in [2.45, 2.75) is 33.6 Å². The minimum atomic E-state index is 0.151. The lowest BCUT2D eigenvalue weighted by molar-refractivity contribution is -0.112. The third-order valence-electron chi connectivity index (χ3n) is 2.69. The number of carbonyl (C=O) groups is 1. The number of allylic oxidation sites excluding steroid dienone is 4. The van der Waals surface area contributed by atoms with Gasteiger partial charge in [-0.05, 0) is 44.6 Å². The molecule has 13 heavy (non-hydrogen) atoms. The second-order valence-corrected chi connectivity index (χ2v) is 4.10. The van der Waals surface area contributed by atoms with Crippen LogP contribution in [0.15, 0.2) is 23.8 Å². The Balaban J connectivity index is 2.57. The van der Waals surface area contributed by atoms with Crippen LogP contribution in [-0.2, 0) is 4.79 Å². The molecule has 0 aromatic heterocycles. The predicted octanol–water partition coefficient (Wildman–Crippen LogP) is 3.12. The van der Waals surface area contributed by atoms with Gasteiger partial charge in [-0.15, -0.1) is 0 Å². The molecule has 0 amide bonds. The van der Waals surface area contributed by atoms with E-state index in [2.05, 4.69) is 26.0 Å². The molecule has 1 aliphatic rings. The molecular formula is C12H18O. The van der Waals surface area contributed by atoms with Crippen LogP contribution >= 0.6 is 0 Å². The van der Waals surface area contributed by atoms with Crippen LogP contribution in [0.2, 0.25) is 0 Å². The van der Waals surface area contributed by atoms with Crippen LogP contribution in [0.1, 0.15) is 33.6 Å². The van der Waals surface area contributed by atoms with Crippen LogP contribution < -0.4 is 0 Å². The van der Waals surface area contributed by atoms with Gasteiger partial charge in [0.1, 0.15) is 0 Å². The molecule has 0 saturated heterocycles. The molecule has 0 aromatic carbocycles. The fraction of sp³-hybridized carbons (Fsp3) is 0.583. The smallest absolute Gasteiger partial charge is 0.152 e. The van der Waals surface area contributed by atoms with E-state index in [1.807, 2.05) is 0 Å². The third-order valence-corrected chi connectivity index (χ3v) is 2.69. The summed E-state index contributed by atoms with van der Waals surface area (Å²) in [4.78, 5) is 10.8. The highest BCUT2D eigenvalue weighted by molar-refractivity contribution is 5.87. The van der Waals surface area contributed by atoms with Crippen molar-refractivity contribution in [2.75, 3.05) is 0 Å². The summed E-state index contributed by atoms with van der Waals surface area (Å²) in [5, 5.41) is 0. The van der Waals surface area contributed by atoms with Crippen molar-refractivity contribution in [1.82, 2.24) is 0 Å².